The molecule has 1 fully saturated rings. The maximum atomic E-state index is 14.7. The lowest BCUT2D eigenvalue weighted by atomic mass is 10.0. The fourth-order valence-corrected chi connectivity index (χ4v) is 4.74. The molecule has 2 aliphatic heterocycles. The van der Waals surface area contributed by atoms with Gasteiger partial charge in [-0.05, 0) is 42.3 Å². The highest BCUT2D eigenvalue weighted by Gasteiger charge is 2.34. The lowest BCUT2D eigenvalue weighted by Gasteiger charge is -2.38. The number of nitrogens with zero attached hydrogens (tertiary/aromatic N) is 8. The van der Waals surface area contributed by atoms with Gasteiger partial charge in [-0.1, -0.05) is 0 Å². The molecule has 4 heterocycles. The molecular weight excluding hydrogens is 466 g/mol. The fourth-order valence-electron chi connectivity index (χ4n) is 4.74. The number of aryl methyl sites for hydroxylation is 2. The summed E-state index contributed by atoms with van der Waals surface area (Å²) in [6, 6.07) is 6.93. The van der Waals surface area contributed by atoms with E-state index < -0.39 is 17.7 Å². The molecule has 36 heavy (non-hydrogen) atoms. The Morgan fingerprint density at radius 2 is 1.89 bits per heavy atom. The minimum atomic E-state index is -0.531. The molecule has 5 rings (SSSR count). The Morgan fingerprint density at radius 3 is 2.58 bits per heavy atom. The van der Waals surface area contributed by atoms with Crippen molar-refractivity contribution >= 4 is 17.9 Å². The summed E-state index contributed by atoms with van der Waals surface area (Å²) in [6.07, 6.45) is 5.00. The molecule has 0 radical (unpaired) electrons. The number of pyridine rings is 1. The molecule has 2 aromatic heterocycles. The summed E-state index contributed by atoms with van der Waals surface area (Å²) in [5.74, 6) is -0.959. The van der Waals surface area contributed by atoms with Crippen molar-refractivity contribution in [1.29, 1.82) is 5.26 Å². The van der Waals surface area contributed by atoms with Crippen molar-refractivity contribution in [2.75, 3.05) is 31.1 Å². The highest BCUT2D eigenvalue weighted by molar-refractivity contribution is 5.79. The van der Waals surface area contributed by atoms with Crippen molar-refractivity contribution in [2.24, 2.45) is 12.1 Å². The molecule has 3 aromatic rings. The molecule has 2 aliphatic rings. The molecule has 1 atom stereocenters. The van der Waals surface area contributed by atoms with E-state index in [1.165, 1.54) is 17.3 Å². The molecule has 1 saturated heterocycles. The number of rotatable bonds is 3. The van der Waals surface area contributed by atoms with Gasteiger partial charge in [-0.3, -0.25) is 9.67 Å². The summed E-state index contributed by atoms with van der Waals surface area (Å²) in [5, 5.41) is 19.0. The van der Waals surface area contributed by atoms with Gasteiger partial charge in [-0.15, -0.1) is 0 Å². The first-order chi connectivity index (χ1) is 17.4. The SMILES string of the molecule is Cc1cnn(C)c1-c1cc(N2CCN(C(=O)N3N=CCC3c3cc(F)cc(C#N)c3)CC2)c(F)cn1. The van der Waals surface area contributed by atoms with Crippen molar-refractivity contribution in [3.05, 3.63) is 65.0 Å². The van der Waals surface area contributed by atoms with E-state index in [0.717, 1.165) is 17.3 Å². The molecule has 0 N–H and O–H groups in total. The summed E-state index contributed by atoms with van der Waals surface area (Å²) in [4.78, 5) is 21.1. The van der Waals surface area contributed by atoms with Crippen molar-refractivity contribution in [3.63, 3.8) is 0 Å². The second kappa shape index (κ2) is 9.37. The van der Waals surface area contributed by atoms with Crippen LogP contribution in [-0.4, -0.2) is 63.1 Å². The van der Waals surface area contributed by atoms with Gasteiger partial charge in [0.15, 0.2) is 5.82 Å². The van der Waals surface area contributed by atoms with E-state index in [1.54, 1.807) is 34.1 Å². The average molecular weight is 491 g/mol. The third kappa shape index (κ3) is 4.26. The van der Waals surface area contributed by atoms with Crippen molar-refractivity contribution in [3.8, 4) is 17.5 Å². The van der Waals surface area contributed by atoms with Crippen LogP contribution in [0.3, 0.4) is 0 Å². The topological polar surface area (TPSA) is 93.7 Å². The maximum Gasteiger partial charge on any atom is 0.341 e. The van der Waals surface area contributed by atoms with Gasteiger partial charge in [-0.2, -0.15) is 15.5 Å². The lowest BCUT2D eigenvalue weighted by Crippen LogP contribution is -2.52. The van der Waals surface area contributed by atoms with E-state index in [9.17, 15) is 13.6 Å². The van der Waals surface area contributed by atoms with Crippen LogP contribution < -0.4 is 4.90 Å². The zero-order valence-electron chi connectivity index (χ0n) is 19.9. The Morgan fingerprint density at radius 1 is 1.11 bits per heavy atom. The van der Waals surface area contributed by atoms with Crippen molar-refractivity contribution < 1.29 is 13.6 Å². The zero-order valence-corrected chi connectivity index (χ0v) is 19.9. The first-order valence-electron chi connectivity index (χ1n) is 11.6. The van der Waals surface area contributed by atoms with Gasteiger partial charge in [0.2, 0.25) is 0 Å². The van der Waals surface area contributed by atoms with Gasteiger partial charge in [-0.25, -0.2) is 18.6 Å². The normalized spacial score (nSPS) is 17.5. The summed E-state index contributed by atoms with van der Waals surface area (Å²) in [6.45, 7) is 3.52. The smallest absolute Gasteiger partial charge is 0.341 e. The van der Waals surface area contributed by atoms with Gasteiger partial charge in [0, 0.05) is 45.9 Å². The number of piperazine rings is 1. The number of hydrogen-bond donors (Lipinski definition) is 0. The quantitative estimate of drug-likeness (QED) is 0.559. The number of hydrogen-bond acceptors (Lipinski definition) is 6. The molecule has 1 unspecified atom stereocenters. The molecule has 0 saturated carbocycles. The van der Waals surface area contributed by atoms with Crippen LogP contribution in [0.1, 0.15) is 29.2 Å². The van der Waals surface area contributed by atoms with Crippen LogP contribution in [-0.2, 0) is 7.05 Å². The van der Waals surface area contributed by atoms with Crippen LogP contribution in [0.2, 0.25) is 0 Å². The highest BCUT2D eigenvalue weighted by atomic mass is 19.1. The average Bonchev–Trinajstić information content (AvgIpc) is 3.50. The minimum absolute atomic E-state index is 0.193. The first kappa shape index (κ1) is 23.4. The third-order valence-electron chi connectivity index (χ3n) is 6.55. The van der Waals surface area contributed by atoms with Gasteiger partial charge in [0.1, 0.15) is 5.82 Å². The Kier molecular flexibility index (Phi) is 6.10. The number of amides is 2. The minimum Gasteiger partial charge on any atom is -0.366 e. The largest absolute Gasteiger partial charge is 0.366 e. The van der Waals surface area contributed by atoms with E-state index in [1.807, 2.05) is 24.9 Å². The predicted octanol–water partition coefficient (Wildman–Crippen LogP) is 3.62. The molecule has 1 aromatic carbocycles. The Hall–Kier alpha value is -4.33. The van der Waals surface area contributed by atoms with Crippen LogP contribution in [0.5, 0.6) is 0 Å². The molecule has 9 nitrogen and oxygen atoms in total. The molecule has 0 bridgehead atoms. The molecule has 2 amide bonds. The zero-order chi connectivity index (χ0) is 25.4. The number of urea groups is 1. The number of benzene rings is 1. The van der Waals surface area contributed by atoms with E-state index in [4.69, 9.17) is 5.26 Å². The number of carbonyl (C=O) groups is 1. The van der Waals surface area contributed by atoms with Crippen LogP contribution in [0.25, 0.3) is 11.4 Å². The molecule has 0 spiro atoms. The molecule has 11 heteroatoms. The second-order valence-corrected chi connectivity index (χ2v) is 8.86. The van der Waals surface area contributed by atoms with Gasteiger partial charge in [0.25, 0.3) is 0 Å². The Balaban J connectivity index is 1.30. The van der Waals surface area contributed by atoms with Gasteiger partial charge in [0.05, 0.1) is 47.1 Å². The van der Waals surface area contributed by atoms with Crippen molar-refractivity contribution in [2.45, 2.75) is 19.4 Å². The number of nitriles is 1. The Labute approximate surface area is 206 Å². The number of hydrazone groups is 1. The molecular formula is C25H24F2N8O. The van der Waals surface area contributed by atoms with Crippen molar-refractivity contribution in [1.82, 2.24) is 24.7 Å². The standard InChI is InChI=1S/C25H24F2N8O/c1-16-14-31-32(2)24(16)21-12-23(20(27)15-29-21)33-5-7-34(8-6-33)25(36)35-22(3-4-30-35)18-9-17(13-28)10-19(26)11-18/h4,9-12,14-15,22H,3,5-8H2,1-2H3. The number of anilines is 1. The predicted molar refractivity (Wildman–Crippen MR) is 129 cm³/mol. The van der Waals surface area contributed by atoms with Crippen LogP contribution >= 0.6 is 0 Å². The summed E-state index contributed by atoms with van der Waals surface area (Å²) >= 11 is 0. The monoisotopic (exact) mass is 490 g/mol. The first-order valence-corrected chi connectivity index (χ1v) is 11.6. The maximum absolute atomic E-state index is 14.7. The molecule has 0 aliphatic carbocycles. The highest BCUT2D eigenvalue weighted by Crippen LogP contribution is 2.32. The summed E-state index contributed by atoms with van der Waals surface area (Å²) in [5.41, 5.74) is 3.53. The van der Waals surface area contributed by atoms with Crippen LogP contribution in [0, 0.1) is 29.9 Å². The number of carbonyl (C=O) groups excluding carboxylic acids is 1. The van der Waals surface area contributed by atoms with Crippen LogP contribution in [0.15, 0.2) is 41.8 Å². The van der Waals surface area contributed by atoms with E-state index in [2.05, 4.69) is 15.2 Å². The van der Waals surface area contributed by atoms with Gasteiger partial charge >= 0.3 is 6.03 Å². The second-order valence-electron chi connectivity index (χ2n) is 8.86. The Bertz CT molecular complexity index is 1370. The molecule has 184 valence electrons. The number of aromatic nitrogens is 3. The summed E-state index contributed by atoms with van der Waals surface area (Å²) < 4.78 is 30.5. The van der Waals surface area contributed by atoms with Crippen LogP contribution in [0.4, 0.5) is 19.3 Å². The third-order valence-corrected chi connectivity index (χ3v) is 6.55. The fraction of sp³-hybridized carbons (Fsp3) is 0.320. The van der Waals surface area contributed by atoms with E-state index in [0.29, 0.717) is 49.5 Å². The summed E-state index contributed by atoms with van der Waals surface area (Å²) in [7, 11) is 1.82. The lowest BCUT2D eigenvalue weighted by molar-refractivity contribution is 0.139. The van der Waals surface area contributed by atoms with E-state index >= 15 is 0 Å². The number of halogens is 2. The van der Waals surface area contributed by atoms with Gasteiger partial charge < -0.3 is 9.80 Å². The van der Waals surface area contributed by atoms with E-state index in [-0.39, 0.29) is 11.6 Å².